The highest BCUT2D eigenvalue weighted by atomic mass is 35.5. The fourth-order valence-electron chi connectivity index (χ4n) is 3.04. The SMILES string of the molecule is COCc1nnc(-c2ncc(Cl)cc2NS(=O)(=O)c2ccc(Cl)c(C(F)(F)F)c2)n1-c1ccon1. The molecule has 3 aromatic heterocycles. The van der Waals surface area contributed by atoms with Crippen LogP contribution in [0, 0.1) is 0 Å². The quantitative estimate of drug-likeness (QED) is 0.355. The van der Waals surface area contributed by atoms with Crippen molar-refractivity contribution >= 4 is 38.9 Å². The van der Waals surface area contributed by atoms with Gasteiger partial charge < -0.3 is 9.26 Å². The molecule has 10 nitrogen and oxygen atoms in total. The number of ether oxygens (including phenoxy) is 1. The predicted molar refractivity (Wildman–Crippen MR) is 118 cm³/mol. The molecule has 0 fully saturated rings. The first kappa shape index (κ1) is 24.9. The van der Waals surface area contributed by atoms with E-state index in [1.54, 1.807) is 0 Å². The van der Waals surface area contributed by atoms with E-state index in [0.717, 1.165) is 12.1 Å². The number of pyridine rings is 1. The zero-order chi connectivity index (χ0) is 25.4. The van der Waals surface area contributed by atoms with Gasteiger partial charge in [-0.15, -0.1) is 10.2 Å². The normalized spacial score (nSPS) is 12.2. The molecule has 3 heterocycles. The molecule has 1 N–H and O–H groups in total. The zero-order valence-corrected chi connectivity index (χ0v) is 19.7. The Hall–Kier alpha value is -3.20. The van der Waals surface area contributed by atoms with Gasteiger partial charge >= 0.3 is 6.18 Å². The number of benzene rings is 1. The summed E-state index contributed by atoms with van der Waals surface area (Å²) in [7, 11) is -3.12. The summed E-state index contributed by atoms with van der Waals surface area (Å²) in [6, 6.07) is 4.93. The molecule has 0 aliphatic heterocycles. The van der Waals surface area contributed by atoms with Crippen LogP contribution in [0.25, 0.3) is 17.3 Å². The molecule has 0 radical (unpaired) electrons. The van der Waals surface area contributed by atoms with Crippen molar-refractivity contribution in [2.75, 3.05) is 11.8 Å². The van der Waals surface area contributed by atoms with Crippen LogP contribution < -0.4 is 4.72 Å². The first-order valence-electron chi connectivity index (χ1n) is 9.40. The van der Waals surface area contributed by atoms with Crippen LogP contribution in [0.1, 0.15) is 11.4 Å². The molecule has 0 spiro atoms. The summed E-state index contributed by atoms with van der Waals surface area (Å²) in [5.74, 6) is 0.567. The molecule has 184 valence electrons. The monoisotopic (exact) mass is 548 g/mol. The number of hydrogen-bond acceptors (Lipinski definition) is 8. The topological polar surface area (TPSA) is 125 Å². The molecule has 0 bridgehead atoms. The van der Waals surface area contributed by atoms with Gasteiger partial charge in [0.1, 0.15) is 18.6 Å². The first-order valence-corrected chi connectivity index (χ1v) is 11.6. The van der Waals surface area contributed by atoms with Gasteiger partial charge in [-0.3, -0.25) is 9.29 Å². The van der Waals surface area contributed by atoms with Gasteiger partial charge in [0.2, 0.25) is 0 Å². The molecule has 0 saturated heterocycles. The average molecular weight is 549 g/mol. The number of methoxy groups -OCH3 is 1. The minimum absolute atomic E-state index is 0.0134. The number of rotatable bonds is 7. The van der Waals surface area contributed by atoms with Crippen molar-refractivity contribution in [2.45, 2.75) is 17.7 Å². The summed E-state index contributed by atoms with van der Waals surface area (Å²) in [4.78, 5) is 3.48. The van der Waals surface area contributed by atoms with E-state index in [9.17, 15) is 21.6 Å². The Labute approximate surface area is 205 Å². The largest absolute Gasteiger partial charge is 0.417 e. The van der Waals surface area contributed by atoms with Crippen molar-refractivity contribution in [2.24, 2.45) is 0 Å². The number of alkyl halides is 3. The third-order valence-corrected chi connectivity index (χ3v) is 6.42. The number of halogens is 5. The lowest BCUT2D eigenvalue weighted by Crippen LogP contribution is -2.16. The van der Waals surface area contributed by atoms with Gasteiger partial charge in [-0.1, -0.05) is 28.4 Å². The van der Waals surface area contributed by atoms with Crippen molar-refractivity contribution in [3.63, 3.8) is 0 Å². The number of hydrogen-bond donors (Lipinski definition) is 1. The highest BCUT2D eigenvalue weighted by molar-refractivity contribution is 7.92. The molecule has 0 aliphatic carbocycles. The summed E-state index contributed by atoms with van der Waals surface area (Å²) >= 11 is 11.6. The molecule has 0 saturated carbocycles. The van der Waals surface area contributed by atoms with Crippen molar-refractivity contribution < 1.29 is 30.8 Å². The second-order valence-electron chi connectivity index (χ2n) is 6.86. The van der Waals surface area contributed by atoms with Gasteiger partial charge in [-0.25, -0.2) is 13.4 Å². The van der Waals surface area contributed by atoms with Crippen LogP contribution in [0.2, 0.25) is 10.0 Å². The van der Waals surface area contributed by atoms with Crippen LogP contribution in [0.15, 0.2) is 52.2 Å². The zero-order valence-electron chi connectivity index (χ0n) is 17.4. The Balaban J connectivity index is 1.82. The summed E-state index contributed by atoms with van der Waals surface area (Å²) in [5, 5.41) is 11.3. The number of anilines is 1. The number of nitrogens with zero attached hydrogens (tertiary/aromatic N) is 5. The highest BCUT2D eigenvalue weighted by Gasteiger charge is 2.35. The van der Waals surface area contributed by atoms with Crippen molar-refractivity contribution in [3.05, 3.63) is 64.2 Å². The molecule has 4 aromatic rings. The van der Waals surface area contributed by atoms with Gasteiger partial charge in [-0.05, 0) is 24.3 Å². The van der Waals surface area contributed by atoms with Crippen molar-refractivity contribution in [1.82, 2.24) is 24.9 Å². The Bertz CT molecular complexity index is 1480. The molecular weight excluding hydrogens is 536 g/mol. The Morgan fingerprint density at radius 3 is 2.60 bits per heavy atom. The third-order valence-electron chi connectivity index (χ3n) is 4.52. The average Bonchev–Trinajstić information content (AvgIpc) is 3.43. The van der Waals surface area contributed by atoms with E-state index in [-0.39, 0.29) is 40.5 Å². The Kier molecular flexibility index (Phi) is 6.73. The van der Waals surface area contributed by atoms with E-state index in [0.29, 0.717) is 6.07 Å². The van der Waals surface area contributed by atoms with E-state index in [4.69, 9.17) is 32.5 Å². The fourth-order valence-corrected chi connectivity index (χ4v) is 4.51. The summed E-state index contributed by atoms with van der Waals surface area (Å²) in [6.45, 7) is 0.0134. The van der Waals surface area contributed by atoms with Gasteiger partial charge in [0.15, 0.2) is 17.5 Å². The third kappa shape index (κ3) is 5.10. The van der Waals surface area contributed by atoms with Gasteiger partial charge in [0.25, 0.3) is 10.0 Å². The molecule has 1 aromatic carbocycles. The second-order valence-corrected chi connectivity index (χ2v) is 9.39. The van der Waals surface area contributed by atoms with E-state index in [1.165, 1.54) is 36.3 Å². The van der Waals surface area contributed by atoms with Crippen LogP contribution in [0.3, 0.4) is 0 Å². The lowest BCUT2D eigenvalue weighted by Gasteiger charge is -2.14. The summed E-state index contributed by atoms with van der Waals surface area (Å²) < 4.78 is 79.4. The summed E-state index contributed by atoms with van der Waals surface area (Å²) in [5.41, 5.74) is -1.52. The maximum atomic E-state index is 13.3. The Morgan fingerprint density at radius 2 is 1.94 bits per heavy atom. The molecule has 35 heavy (non-hydrogen) atoms. The Morgan fingerprint density at radius 1 is 1.17 bits per heavy atom. The van der Waals surface area contributed by atoms with E-state index in [1.807, 2.05) is 0 Å². The van der Waals surface area contributed by atoms with Gasteiger partial charge in [-0.2, -0.15) is 13.2 Å². The molecular formula is C19H13Cl2F3N6O4S. The highest BCUT2D eigenvalue weighted by Crippen LogP contribution is 2.37. The van der Waals surface area contributed by atoms with Crippen LogP contribution >= 0.6 is 23.2 Å². The van der Waals surface area contributed by atoms with E-state index >= 15 is 0 Å². The van der Waals surface area contributed by atoms with Gasteiger partial charge in [0.05, 0.1) is 26.2 Å². The second kappa shape index (κ2) is 9.45. The smallest absolute Gasteiger partial charge is 0.377 e. The van der Waals surface area contributed by atoms with Gasteiger partial charge in [0, 0.05) is 19.4 Å². The maximum absolute atomic E-state index is 13.3. The number of aromatic nitrogens is 5. The van der Waals surface area contributed by atoms with Crippen LogP contribution in [0.5, 0.6) is 0 Å². The number of sulfonamides is 1. The first-order chi connectivity index (χ1) is 16.5. The fraction of sp³-hybridized carbons (Fsp3) is 0.158. The van der Waals surface area contributed by atoms with E-state index in [2.05, 4.69) is 25.1 Å². The van der Waals surface area contributed by atoms with Crippen molar-refractivity contribution in [3.8, 4) is 17.3 Å². The van der Waals surface area contributed by atoms with Crippen LogP contribution in [-0.4, -0.2) is 40.4 Å². The predicted octanol–water partition coefficient (Wildman–Crippen LogP) is 4.59. The standard InChI is InChI=1S/C19H13Cl2F3N6O4S/c1-33-9-16-26-27-18(30(16)15-4-5-34-28-15)17-14(6-10(20)8-25-17)29-35(31,32)11-2-3-13(21)12(7-11)19(22,23)24/h2-8,29H,9H2,1H3. The molecule has 16 heteroatoms. The maximum Gasteiger partial charge on any atom is 0.417 e. The lowest BCUT2D eigenvalue weighted by atomic mass is 10.2. The van der Waals surface area contributed by atoms with Crippen LogP contribution in [-0.2, 0) is 27.5 Å². The van der Waals surface area contributed by atoms with Crippen LogP contribution in [0.4, 0.5) is 18.9 Å². The van der Waals surface area contributed by atoms with Crippen molar-refractivity contribution in [1.29, 1.82) is 0 Å². The molecule has 0 amide bonds. The molecule has 0 aliphatic rings. The molecule has 0 atom stereocenters. The molecule has 0 unspecified atom stereocenters. The number of nitrogens with one attached hydrogen (secondary N) is 1. The minimum atomic E-state index is -4.86. The summed E-state index contributed by atoms with van der Waals surface area (Å²) in [6.07, 6.45) is -2.33. The molecule has 4 rings (SSSR count). The lowest BCUT2D eigenvalue weighted by molar-refractivity contribution is -0.137. The minimum Gasteiger partial charge on any atom is -0.377 e. The van der Waals surface area contributed by atoms with E-state index < -0.39 is 31.7 Å².